The molecule has 3 amide bonds. The number of urea groups is 1. The Balaban J connectivity index is 1.68. The summed E-state index contributed by atoms with van der Waals surface area (Å²) in [5, 5.41) is 6.66. The third-order valence-corrected chi connectivity index (χ3v) is 4.59. The molecular formula is C18H23N3O3. The van der Waals surface area contributed by atoms with Crippen LogP contribution < -0.4 is 10.6 Å². The van der Waals surface area contributed by atoms with Gasteiger partial charge in [0.2, 0.25) is 5.91 Å². The van der Waals surface area contributed by atoms with Crippen molar-refractivity contribution in [2.75, 3.05) is 13.6 Å². The van der Waals surface area contributed by atoms with E-state index in [1.54, 1.807) is 11.9 Å². The topological polar surface area (TPSA) is 74.6 Å². The Morgan fingerprint density at radius 2 is 2.17 bits per heavy atom. The van der Waals surface area contributed by atoms with Gasteiger partial charge < -0.3 is 20.0 Å². The number of carbonyl (C=O) groups is 2. The summed E-state index contributed by atoms with van der Waals surface area (Å²) < 4.78 is 5.83. The summed E-state index contributed by atoms with van der Waals surface area (Å²) in [4.78, 5) is 26.0. The zero-order valence-corrected chi connectivity index (χ0v) is 14.0. The lowest BCUT2D eigenvalue weighted by atomic mass is 10.1. The zero-order chi connectivity index (χ0) is 17.1. The van der Waals surface area contributed by atoms with E-state index < -0.39 is 6.04 Å². The molecule has 0 spiro atoms. The molecule has 24 heavy (non-hydrogen) atoms. The Bertz CT molecular complexity index is 707. The number of para-hydroxylation sites is 1. The number of benzene rings is 1. The molecule has 2 N–H and O–H groups in total. The first-order valence-electron chi connectivity index (χ1n) is 8.36. The highest BCUT2D eigenvalue weighted by Gasteiger charge is 2.26. The van der Waals surface area contributed by atoms with Crippen LogP contribution in [0.15, 0.2) is 34.7 Å². The lowest BCUT2D eigenvalue weighted by Gasteiger charge is -2.26. The van der Waals surface area contributed by atoms with Gasteiger partial charge in [-0.05, 0) is 38.3 Å². The van der Waals surface area contributed by atoms with Crippen molar-refractivity contribution in [1.82, 2.24) is 15.5 Å². The molecule has 0 bridgehead atoms. The second kappa shape index (κ2) is 6.95. The van der Waals surface area contributed by atoms with Gasteiger partial charge in [-0.15, -0.1) is 0 Å². The first-order valence-corrected chi connectivity index (χ1v) is 8.36. The Kier molecular flexibility index (Phi) is 4.74. The quantitative estimate of drug-likeness (QED) is 0.909. The summed E-state index contributed by atoms with van der Waals surface area (Å²) in [6, 6.07) is 8.73. The fraction of sp³-hybridized carbons (Fsp3) is 0.444. The average molecular weight is 329 g/mol. The fourth-order valence-corrected chi connectivity index (χ4v) is 2.90. The maximum atomic E-state index is 12.5. The van der Waals surface area contributed by atoms with Crippen LogP contribution in [-0.4, -0.2) is 36.5 Å². The number of hydrogen-bond donors (Lipinski definition) is 2. The third kappa shape index (κ3) is 3.37. The summed E-state index contributed by atoms with van der Waals surface area (Å²) in [5.41, 5.74) is 0.802. The Hall–Kier alpha value is -2.50. The SMILES string of the molecule is C[C@H](c1cc2ccccc2o1)N(C)C(=O)N[C@H]1CCCCNC1=O. The predicted molar refractivity (Wildman–Crippen MR) is 91.6 cm³/mol. The van der Waals surface area contributed by atoms with Gasteiger partial charge in [0.15, 0.2) is 0 Å². The molecule has 1 fully saturated rings. The van der Waals surface area contributed by atoms with Crippen molar-refractivity contribution in [1.29, 1.82) is 0 Å². The third-order valence-electron chi connectivity index (χ3n) is 4.59. The lowest BCUT2D eigenvalue weighted by molar-refractivity contribution is -0.122. The van der Waals surface area contributed by atoms with Crippen LogP contribution in [-0.2, 0) is 4.79 Å². The monoisotopic (exact) mass is 329 g/mol. The van der Waals surface area contributed by atoms with Crippen molar-refractivity contribution < 1.29 is 14.0 Å². The number of hydrogen-bond acceptors (Lipinski definition) is 3. The first kappa shape index (κ1) is 16.4. The van der Waals surface area contributed by atoms with E-state index in [1.165, 1.54) is 0 Å². The van der Waals surface area contributed by atoms with Crippen molar-refractivity contribution in [3.8, 4) is 0 Å². The van der Waals surface area contributed by atoms with E-state index in [9.17, 15) is 9.59 Å². The van der Waals surface area contributed by atoms with Crippen molar-refractivity contribution in [3.05, 3.63) is 36.1 Å². The van der Waals surface area contributed by atoms with Gasteiger partial charge in [0.25, 0.3) is 0 Å². The van der Waals surface area contributed by atoms with Crippen LogP contribution in [0.25, 0.3) is 11.0 Å². The molecule has 0 aliphatic carbocycles. The summed E-state index contributed by atoms with van der Waals surface area (Å²) in [6.07, 6.45) is 2.54. The normalized spacial score (nSPS) is 19.4. The molecule has 1 aromatic carbocycles. The van der Waals surface area contributed by atoms with Gasteiger partial charge >= 0.3 is 6.03 Å². The molecule has 1 aliphatic rings. The molecule has 0 saturated carbocycles. The summed E-state index contributed by atoms with van der Waals surface area (Å²) in [5.74, 6) is 0.616. The van der Waals surface area contributed by atoms with Gasteiger partial charge in [0.1, 0.15) is 17.4 Å². The number of rotatable bonds is 3. The van der Waals surface area contributed by atoms with Gasteiger partial charge in [-0.2, -0.15) is 0 Å². The van der Waals surface area contributed by atoms with Gasteiger partial charge in [0, 0.05) is 19.0 Å². The van der Waals surface area contributed by atoms with Crippen molar-refractivity contribution >= 4 is 22.9 Å². The van der Waals surface area contributed by atoms with E-state index in [-0.39, 0.29) is 18.0 Å². The summed E-state index contributed by atoms with van der Waals surface area (Å²) in [6.45, 7) is 2.58. The molecule has 2 heterocycles. The molecule has 2 atom stereocenters. The lowest BCUT2D eigenvalue weighted by Crippen LogP contribution is -2.49. The minimum atomic E-state index is -0.467. The second-order valence-electron chi connectivity index (χ2n) is 6.26. The fourth-order valence-electron chi connectivity index (χ4n) is 2.90. The van der Waals surface area contributed by atoms with Gasteiger partial charge in [-0.25, -0.2) is 4.79 Å². The molecule has 6 heteroatoms. The van der Waals surface area contributed by atoms with E-state index in [0.29, 0.717) is 13.0 Å². The molecule has 128 valence electrons. The van der Waals surface area contributed by atoms with Crippen LogP contribution in [0.1, 0.15) is 38.0 Å². The number of carbonyl (C=O) groups excluding carboxylic acids is 2. The molecule has 6 nitrogen and oxygen atoms in total. The number of fused-ring (bicyclic) bond motifs is 1. The van der Waals surface area contributed by atoms with E-state index >= 15 is 0 Å². The van der Waals surface area contributed by atoms with Crippen LogP contribution in [0.3, 0.4) is 0 Å². The molecular weight excluding hydrogens is 306 g/mol. The Labute approximate surface area is 141 Å². The summed E-state index contributed by atoms with van der Waals surface area (Å²) in [7, 11) is 1.71. The molecule has 1 aromatic heterocycles. The van der Waals surface area contributed by atoms with Crippen LogP contribution in [0, 0.1) is 0 Å². The Morgan fingerprint density at radius 3 is 2.96 bits per heavy atom. The first-order chi connectivity index (χ1) is 11.6. The van der Waals surface area contributed by atoms with Crippen LogP contribution >= 0.6 is 0 Å². The predicted octanol–water partition coefficient (Wildman–Crippen LogP) is 2.80. The minimum absolute atomic E-state index is 0.106. The highest BCUT2D eigenvalue weighted by molar-refractivity contribution is 5.87. The molecule has 0 unspecified atom stereocenters. The number of amides is 3. The molecule has 1 saturated heterocycles. The number of nitrogens with one attached hydrogen (secondary N) is 2. The van der Waals surface area contributed by atoms with Gasteiger partial charge in [-0.3, -0.25) is 4.79 Å². The van der Waals surface area contributed by atoms with Crippen LogP contribution in [0.5, 0.6) is 0 Å². The summed E-state index contributed by atoms with van der Waals surface area (Å²) >= 11 is 0. The van der Waals surface area contributed by atoms with E-state index in [1.807, 2.05) is 37.3 Å². The standard InChI is InChI=1S/C18H23N3O3/c1-12(16-11-13-7-3-4-9-15(13)24-16)21(2)18(23)20-14-8-5-6-10-19-17(14)22/h3-4,7,9,11-12,14H,5-6,8,10H2,1-2H3,(H,19,22)(H,20,23)/t12-,14+/m1/s1. The van der Waals surface area contributed by atoms with Crippen molar-refractivity contribution in [2.24, 2.45) is 0 Å². The number of nitrogens with zero attached hydrogens (tertiary/aromatic N) is 1. The van der Waals surface area contributed by atoms with Crippen molar-refractivity contribution in [2.45, 2.75) is 38.3 Å². The highest BCUT2D eigenvalue weighted by atomic mass is 16.3. The van der Waals surface area contributed by atoms with Crippen LogP contribution in [0.2, 0.25) is 0 Å². The zero-order valence-electron chi connectivity index (χ0n) is 14.0. The van der Waals surface area contributed by atoms with E-state index in [4.69, 9.17) is 4.42 Å². The average Bonchev–Trinajstić information content (AvgIpc) is 2.92. The maximum absolute atomic E-state index is 12.5. The Morgan fingerprint density at radius 1 is 1.38 bits per heavy atom. The van der Waals surface area contributed by atoms with Crippen molar-refractivity contribution in [3.63, 3.8) is 0 Å². The minimum Gasteiger partial charge on any atom is -0.459 e. The second-order valence-corrected chi connectivity index (χ2v) is 6.26. The highest BCUT2D eigenvalue weighted by Crippen LogP contribution is 2.26. The molecule has 3 rings (SSSR count). The molecule has 0 radical (unpaired) electrons. The maximum Gasteiger partial charge on any atom is 0.318 e. The number of furan rings is 1. The van der Waals surface area contributed by atoms with E-state index in [0.717, 1.165) is 29.6 Å². The van der Waals surface area contributed by atoms with E-state index in [2.05, 4.69) is 10.6 Å². The smallest absolute Gasteiger partial charge is 0.318 e. The molecule has 1 aliphatic heterocycles. The molecule has 2 aromatic rings. The van der Waals surface area contributed by atoms with Crippen LogP contribution in [0.4, 0.5) is 4.79 Å². The van der Waals surface area contributed by atoms with Gasteiger partial charge in [0.05, 0.1) is 6.04 Å². The van der Waals surface area contributed by atoms with Gasteiger partial charge in [-0.1, -0.05) is 18.2 Å². The largest absolute Gasteiger partial charge is 0.459 e.